The molecule has 1 fully saturated rings. The molecule has 0 aromatic heterocycles. The Labute approximate surface area is 82.4 Å². The largest absolute Gasteiger partial charge is 0.360 e. The van der Waals surface area contributed by atoms with Gasteiger partial charge in [-0.1, -0.05) is 0 Å². The molecule has 0 aromatic rings. The van der Waals surface area contributed by atoms with E-state index in [9.17, 15) is 4.79 Å². The first-order valence-corrected chi connectivity index (χ1v) is 4.67. The number of hydrazine groups is 1. The lowest BCUT2D eigenvalue weighted by atomic mass is 10.4. The first-order valence-electron chi connectivity index (χ1n) is 4.26. The molecule has 0 unspecified atom stereocenters. The number of rotatable bonds is 4. The fourth-order valence-corrected chi connectivity index (χ4v) is 1.00. The van der Waals surface area contributed by atoms with Crippen LogP contribution in [0.3, 0.4) is 0 Å². The van der Waals surface area contributed by atoms with Gasteiger partial charge in [-0.05, 0) is 25.1 Å². The molecule has 1 rings (SSSR count). The fourth-order valence-electron chi connectivity index (χ4n) is 0.903. The molecule has 0 spiro atoms. The monoisotopic (exact) mass is 202 g/mol. The summed E-state index contributed by atoms with van der Waals surface area (Å²) in [5, 5.41) is 6.01. The molecule has 1 aliphatic carbocycles. The van der Waals surface area contributed by atoms with Crippen LogP contribution in [0, 0.1) is 5.92 Å². The lowest BCUT2D eigenvalue weighted by molar-refractivity contribution is -0.122. The minimum Gasteiger partial charge on any atom is -0.360 e. The van der Waals surface area contributed by atoms with Gasteiger partial charge in [-0.15, -0.1) is 0 Å². The van der Waals surface area contributed by atoms with Crippen molar-refractivity contribution in [2.45, 2.75) is 12.8 Å². The molecule has 0 radical (unpaired) electrons. The van der Waals surface area contributed by atoms with Gasteiger partial charge >= 0.3 is 0 Å². The van der Waals surface area contributed by atoms with Gasteiger partial charge in [-0.25, -0.2) is 5.84 Å². The molecule has 0 atom stereocenters. The topological polar surface area (TPSA) is 79.2 Å². The van der Waals surface area contributed by atoms with Crippen molar-refractivity contribution in [2.24, 2.45) is 11.8 Å². The standard InChI is InChI=1S/C7H14N4OS/c8-11-7(13)10-4-3-9-6(12)5-1-2-5/h5H,1-4,8H2,(H,9,12)(H2,10,11,13). The molecule has 6 heteroatoms. The van der Waals surface area contributed by atoms with Gasteiger partial charge in [0.2, 0.25) is 5.91 Å². The molecule has 1 saturated carbocycles. The summed E-state index contributed by atoms with van der Waals surface area (Å²) in [7, 11) is 0. The Hall–Kier alpha value is -0.880. The molecule has 74 valence electrons. The van der Waals surface area contributed by atoms with Crippen molar-refractivity contribution in [3.05, 3.63) is 0 Å². The van der Waals surface area contributed by atoms with E-state index < -0.39 is 0 Å². The summed E-state index contributed by atoms with van der Waals surface area (Å²) < 4.78 is 0. The quantitative estimate of drug-likeness (QED) is 0.200. The summed E-state index contributed by atoms with van der Waals surface area (Å²) in [6, 6.07) is 0. The molecule has 1 aliphatic rings. The third kappa shape index (κ3) is 4.05. The highest BCUT2D eigenvalue weighted by atomic mass is 32.1. The van der Waals surface area contributed by atoms with Gasteiger partial charge in [0, 0.05) is 19.0 Å². The summed E-state index contributed by atoms with van der Waals surface area (Å²) in [5.41, 5.74) is 2.30. The number of amides is 1. The van der Waals surface area contributed by atoms with Crippen molar-refractivity contribution in [3.63, 3.8) is 0 Å². The van der Waals surface area contributed by atoms with Crippen molar-refractivity contribution in [1.29, 1.82) is 0 Å². The zero-order valence-electron chi connectivity index (χ0n) is 7.30. The van der Waals surface area contributed by atoms with Crippen LogP contribution < -0.4 is 21.9 Å². The molecule has 0 bridgehead atoms. The average Bonchev–Trinajstić information content (AvgIpc) is 2.94. The van der Waals surface area contributed by atoms with Crippen LogP contribution in [0.1, 0.15) is 12.8 Å². The van der Waals surface area contributed by atoms with Crippen LogP contribution in [-0.4, -0.2) is 24.1 Å². The van der Waals surface area contributed by atoms with E-state index in [1.165, 1.54) is 0 Å². The van der Waals surface area contributed by atoms with Gasteiger partial charge in [-0.3, -0.25) is 4.79 Å². The summed E-state index contributed by atoms with van der Waals surface area (Å²) in [4.78, 5) is 11.1. The van der Waals surface area contributed by atoms with Gasteiger partial charge in [0.1, 0.15) is 0 Å². The van der Waals surface area contributed by atoms with E-state index in [1.807, 2.05) is 0 Å². The highest BCUT2D eigenvalue weighted by Crippen LogP contribution is 2.28. The van der Waals surface area contributed by atoms with E-state index in [1.54, 1.807) is 0 Å². The molecule has 0 saturated heterocycles. The van der Waals surface area contributed by atoms with Crippen molar-refractivity contribution in [1.82, 2.24) is 16.1 Å². The maximum Gasteiger partial charge on any atom is 0.223 e. The Kier molecular flexibility index (Phi) is 3.91. The number of thiocarbonyl (C=S) groups is 1. The summed E-state index contributed by atoms with van der Waals surface area (Å²) in [5.74, 6) is 5.44. The maximum absolute atomic E-state index is 11.1. The van der Waals surface area contributed by atoms with Gasteiger partial charge in [-0.2, -0.15) is 0 Å². The zero-order valence-corrected chi connectivity index (χ0v) is 8.12. The lowest BCUT2D eigenvalue weighted by Crippen LogP contribution is -2.43. The Bertz CT molecular complexity index is 205. The zero-order chi connectivity index (χ0) is 9.68. The number of hydrogen-bond donors (Lipinski definition) is 4. The second kappa shape index (κ2) is 4.98. The SMILES string of the molecule is NNC(=S)NCCNC(=O)C1CC1. The number of nitrogens with one attached hydrogen (secondary N) is 3. The van der Waals surface area contributed by atoms with Crippen molar-refractivity contribution < 1.29 is 4.79 Å². The third-order valence-corrected chi connectivity index (χ3v) is 2.05. The molecule has 5 nitrogen and oxygen atoms in total. The van der Waals surface area contributed by atoms with Crippen LogP contribution in [0.2, 0.25) is 0 Å². The highest BCUT2D eigenvalue weighted by molar-refractivity contribution is 7.80. The van der Waals surface area contributed by atoms with Crippen LogP contribution in [0.15, 0.2) is 0 Å². The Morgan fingerprint density at radius 1 is 1.38 bits per heavy atom. The molecule has 0 heterocycles. The predicted octanol–water partition coefficient (Wildman–Crippen LogP) is -1.15. The van der Waals surface area contributed by atoms with E-state index in [0.717, 1.165) is 12.8 Å². The van der Waals surface area contributed by atoms with Crippen LogP contribution in [0.25, 0.3) is 0 Å². The van der Waals surface area contributed by atoms with E-state index in [0.29, 0.717) is 18.2 Å². The Morgan fingerprint density at radius 2 is 2.00 bits per heavy atom. The molecule has 0 aliphatic heterocycles. The molecule has 1 amide bonds. The number of carbonyl (C=O) groups excluding carboxylic acids is 1. The van der Waals surface area contributed by atoms with E-state index in [-0.39, 0.29) is 11.8 Å². The number of nitrogens with two attached hydrogens (primary N) is 1. The smallest absolute Gasteiger partial charge is 0.223 e. The van der Waals surface area contributed by atoms with E-state index in [4.69, 9.17) is 18.1 Å². The van der Waals surface area contributed by atoms with Crippen LogP contribution in [0.4, 0.5) is 0 Å². The minimum atomic E-state index is 0.147. The van der Waals surface area contributed by atoms with Gasteiger partial charge in [0.25, 0.3) is 0 Å². The molecule has 0 aromatic carbocycles. The van der Waals surface area contributed by atoms with Gasteiger partial charge in [0.15, 0.2) is 5.11 Å². The molecular weight excluding hydrogens is 188 g/mol. The second-order valence-corrected chi connectivity index (χ2v) is 3.37. The van der Waals surface area contributed by atoms with Crippen molar-refractivity contribution in [3.8, 4) is 0 Å². The van der Waals surface area contributed by atoms with Gasteiger partial charge < -0.3 is 16.1 Å². The fraction of sp³-hybridized carbons (Fsp3) is 0.714. The minimum absolute atomic E-state index is 0.147. The normalized spacial score (nSPS) is 14.8. The lowest BCUT2D eigenvalue weighted by Gasteiger charge is -2.07. The van der Waals surface area contributed by atoms with Crippen LogP contribution in [-0.2, 0) is 4.79 Å². The highest BCUT2D eigenvalue weighted by Gasteiger charge is 2.28. The first-order chi connectivity index (χ1) is 6.24. The molecular formula is C7H14N4OS. The first kappa shape index (κ1) is 10.2. The summed E-state index contributed by atoms with van der Waals surface area (Å²) in [6.45, 7) is 1.18. The van der Waals surface area contributed by atoms with Crippen molar-refractivity contribution >= 4 is 23.2 Å². The molecule has 5 N–H and O–H groups in total. The average molecular weight is 202 g/mol. The Morgan fingerprint density at radius 3 is 2.54 bits per heavy atom. The van der Waals surface area contributed by atoms with Gasteiger partial charge in [0.05, 0.1) is 0 Å². The number of hydrogen-bond acceptors (Lipinski definition) is 3. The third-order valence-electron chi connectivity index (χ3n) is 1.79. The Balaban J connectivity index is 1.94. The van der Waals surface area contributed by atoms with Crippen LogP contribution in [0.5, 0.6) is 0 Å². The predicted molar refractivity (Wildman–Crippen MR) is 53.7 cm³/mol. The van der Waals surface area contributed by atoms with Crippen LogP contribution >= 0.6 is 12.2 Å². The number of carbonyl (C=O) groups is 1. The summed E-state index contributed by atoms with van der Waals surface area (Å²) in [6.07, 6.45) is 2.06. The summed E-state index contributed by atoms with van der Waals surface area (Å²) >= 11 is 4.74. The molecule has 13 heavy (non-hydrogen) atoms. The van der Waals surface area contributed by atoms with E-state index in [2.05, 4.69) is 16.1 Å². The second-order valence-electron chi connectivity index (χ2n) is 2.97. The van der Waals surface area contributed by atoms with E-state index >= 15 is 0 Å². The van der Waals surface area contributed by atoms with Crippen molar-refractivity contribution in [2.75, 3.05) is 13.1 Å². The maximum atomic E-state index is 11.1.